The van der Waals surface area contributed by atoms with Crippen LogP contribution in [0.1, 0.15) is 47.6 Å². The number of benzene rings is 1. The summed E-state index contributed by atoms with van der Waals surface area (Å²) in [7, 11) is 4.18. The number of aromatic nitrogens is 2. The lowest BCUT2D eigenvalue weighted by Crippen LogP contribution is -2.54. The first kappa shape index (κ1) is 26.5. The van der Waals surface area contributed by atoms with E-state index in [-0.39, 0.29) is 48.6 Å². The number of alkyl halides is 1. The van der Waals surface area contributed by atoms with Crippen molar-refractivity contribution in [1.82, 2.24) is 24.7 Å². The Hall–Kier alpha value is -3.54. The molecule has 1 fully saturated rings. The summed E-state index contributed by atoms with van der Waals surface area (Å²) in [6.45, 7) is -0.748. The minimum Gasteiger partial charge on any atom is -0.501 e. The van der Waals surface area contributed by atoms with Crippen LogP contribution in [0.25, 0.3) is 0 Å². The second kappa shape index (κ2) is 9.40. The number of carbonyl (C=O) groups is 3. The number of halogens is 3. The maximum absolute atomic E-state index is 15.6. The van der Waals surface area contributed by atoms with Gasteiger partial charge in [0.15, 0.2) is 5.69 Å². The maximum Gasteiger partial charge on any atom is 0.312 e. The zero-order valence-electron chi connectivity index (χ0n) is 20.5. The monoisotopic (exact) mass is 537 g/mol. The summed E-state index contributed by atoms with van der Waals surface area (Å²) in [5.41, 5.74) is -4.82. The highest BCUT2D eigenvalue weighted by molar-refractivity contribution is 6.34. The van der Waals surface area contributed by atoms with Crippen molar-refractivity contribution in [3.8, 4) is 5.75 Å². The summed E-state index contributed by atoms with van der Waals surface area (Å²) in [5, 5.41) is 12.8. The fraction of sp³-hybridized carbons (Fsp3) is 0.458. The van der Waals surface area contributed by atoms with Gasteiger partial charge >= 0.3 is 11.8 Å². The third-order valence-corrected chi connectivity index (χ3v) is 7.49. The molecule has 37 heavy (non-hydrogen) atoms. The number of hydrogen-bond acceptors (Lipinski definition) is 6. The maximum atomic E-state index is 15.6. The van der Waals surface area contributed by atoms with Gasteiger partial charge in [-0.05, 0) is 31.7 Å². The first-order chi connectivity index (χ1) is 17.3. The van der Waals surface area contributed by atoms with Crippen LogP contribution in [-0.2, 0) is 28.2 Å². The Morgan fingerprint density at radius 3 is 2.43 bits per heavy atom. The second-order valence-electron chi connectivity index (χ2n) is 9.67. The number of aromatic hydroxyl groups is 1. The van der Waals surface area contributed by atoms with E-state index in [2.05, 4.69) is 10.3 Å². The third-order valence-electron chi connectivity index (χ3n) is 7.20. The molecule has 0 unspecified atom stereocenters. The number of carbonyl (C=O) groups excluding carboxylic acids is 3. The van der Waals surface area contributed by atoms with Gasteiger partial charge in [-0.3, -0.25) is 23.7 Å². The molecule has 10 nitrogen and oxygen atoms in total. The number of amides is 3. The SMILES string of the molecule is CN(C)C(=O)C(=O)N(C)C12CCC(F)(CC1)Cn1c2nc(C(=O)NCc2cccc(Cl)c2F)c(O)c1=O. The van der Waals surface area contributed by atoms with Crippen LogP contribution in [0.3, 0.4) is 0 Å². The molecule has 198 valence electrons. The van der Waals surface area contributed by atoms with E-state index in [0.29, 0.717) is 0 Å². The quantitative estimate of drug-likeness (QED) is 0.572. The molecule has 0 spiro atoms. The molecule has 3 aliphatic rings. The predicted molar refractivity (Wildman–Crippen MR) is 128 cm³/mol. The highest BCUT2D eigenvalue weighted by Crippen LogP contribution is 2.49. The summed E-state index contributed by atoms with van der Waals surface area (Å²) in [6.07, 6.45) is 0.0245. The minimum absolute atomic E-state index is 0.0279. The van der Waals surface area contributed by atoms with Gasteiger partial charge in [0, 0.05) is 33.3 Å². The van der Waals surface area contributed by atoms with E-state index in [1.807, 2.05) is 0 Å². The van der Waals surface area contributed by atoms with Crippen LogP contribution < -0.4 is 10.9 Å². The van der Waals surface area contributed by atoms with E-state index in [0.717, 1.165) is 14.4 Å². The number of likely N-dealkylation sites (N-methyl/N-ethyl adjacent to an activating group) is 2. The van der Waals surface area contributed by atoms with Crippen molar-refractivity contribution in [2.75, 3.05) is 21.1 Å². The molecule has 3 amide bonds. The molecule has 2 bridgehead atoms. The molecule has 3 heterocycles. The average molecular weight is 538 g/mol. The first-order valence-electron chi connectivity index (χ1n) is 11.5. The van der Waals surface area contributed by atoms with E-state index >= 15 is 4.39 Å². The first-order valence-corrected chi connectivity index (χ1v) is 11.9. The van der Waals surface area contributed by atoms with Crippen LogP contribution in [0.5, 0.6) is 5.75 Å². The number of hydrogen-bond donors (Lipinski definition) is 2. The molecule has 5 rings (SSSR count). The predicted octanol–water partition coefficient (Wildman–Crippen LogP) is 1.71. The number of nitrogens with zero attached hydrogens (tertiary/aromatic N) is 4. The van der Waals surface area contributed by atoms with Crippen molar-refractivity contribution in [1.29, 1.82) is 0 Å². The fourth-order valence-corrected chi connectivity index (χ4v) is 5.13. The van der Waals surface area contributed by atoms with Gasteiger partial charge < -0.3 is 20.2 Å². The minimum atomic E-state index is -1.80. The van der Waals surface area contributed by atoms with E-state index in [1.165, 1.54) is 39.3 Å². The van der Waals surface area contributed by atoms with E-state index in [4.69, 9.17) is 11.6 Å². The van der Waals surface area contributed by atoms with Crippen molar-refractivity contribution < 1.29 is 28.3 Å². The Kier molecular flexibility index (Phi) is 6.74. The summed E-state index contributed by atoms with van der Waals surface area (Å²) < 4.78 is 30.8. The highest BCUT2D eigenvalue weighted by atomic mass is 35.5. The molecule has 2 N–H and O–H groups in total. The highest BCUT2D eigenvalue weighted by Gasteiger charge is 2.55. The Bertz CT molecular complexity index is 1350. The summed E-state index contributed by atoms with van der Waals surface area (Å²) in [4.78, 5) is 58.1. The van der Waals surface area contributed by atoms with Crippen molar-refractivity contribution in [2.45, 2.75) is 50.0 Å². The van der Waals surface area contributed by atoms with Gasteiger partial charge in [-0.15, -0.1) is 0 Å². The molecule has 2 aromatic rings. The Labute approximate surface area is 215 Å². The summed E-state index contributed by atoms with van der Waals surface area (Å²) in [5.74, 6) is -4.56. The van der Waals surface area contributed by atoms with Gasteiger partial charge in [0.2, 0.25) is 5.75 Å². The third kappa shape index (κ3) is 4.43. The van der Waals surface area contributed by atoms with E-state index in [9.17, 15) is 28.7 Å². The molecule has 1 aliphatic carbocycles. The molecule has 0 radical (unpaired) electrons. The van der Waals surface area contributed by atoms with E-state index < -0.39 is 58.3 Å². The largest absolute Gasteiger partial charge is 0.501 e. The second-order valence-corrected chi connectivity index (χ2v) is 10.1. The normalized spacial score (nSPS) is 22.1. The zero-order valence-corrected chi connectivity index (χ0v) is 21.2. The van der Waals surface area contributed by atoms with Gasteiger partial charge in [0.25, 0.3) is 11.5 Å². The Balaban J connectivity index is 1.78. The summed E-state index contributed by atoms with van der Waals surface area (Å²) >= 11 is 5.77. The van der Waals surface area contributed by atoms with E-state index in [1.54, 1.807) is 0 Å². The van der Waals surface area contributed by atoms with Crippen LogP contribution in [0, 0.1) is 5.82 Å². The number of nitrogens with one attached hydrogen (secondary N) is 1. The van der Waals surface area contributed by atoms with Crippen LogP contribution in [0.4, 0.5) is 8.78 Å². The lowest BCUT2D eigenvalue weighted by molar-refractivity contribution is -0.155. The topological polar surface area (TPSA) is 125 Å². The average Bonchev–Trinajstić information content (AvgIpc) is 3.08. The molecular weight excluding hydrogens is 512 g/mol. The van der Waals surface area contributed by atoms with Gasteiger partial charge in [-0.25, -0.2) is 13.8 Å². The molecule has 2 aliphatic heterocycles. The Morgan fingerprint density at radius 1 is 1.16 bits per heavy atom. The molecule has 1 aromatic heterocycles. The van der Waals surface area contributed by atoms with Crippen molar-refractivity contribution in [3.05, 3.63) is 56.5 Å². The van der Waals surface area contributed by atoms with Crippen molar-refractivity contribution in [3.63, 3.8) is 0 Å². The molecule has 0 saturated heterocycles. The van der Waals surface area contributed by atoms with Gasteiger partial charge in [0.05, 0.1) is 11.6 Å². The van der Waals surface area contributed by atoms with Gasteiger partial charge in [0.1, 0.15) is 22.8 Å². The lowest BCUT2D eigenvalue weighted by atomic mass is 9.75. The standard InChI is InChI=1S/C24H26ClF2N5O5/c1-30(2)20(36)21(37)31(3)24-9-7-23(27,8-10-24)12-32-19(35)17(33)16(29-22(24)32)18(34)28-11-13-5-4-6-14(25)15(13)26/h4-6,33H,7-12H2,1-3H3,(H,28,34). The van der Waals surface area contributed by atoms with Crippen molar-refractivity contribution >= 4 is 29.3 Å². The Morgan fingerprint density at radius 2 is 1.81 bits per heavy atom. The molecular formula is C24H26ClF2N5O5. The van der Waals surface area contributed by atoms with Crippen LogP contribution in [-0.4, -0.2) is 69.0 Å². The van der Waals surface area contributed by atoms with Crippen molar-refractivity contribution in [2.24, 2.45) is 0 Å². The summed E-state index contributed by atoms with van der Waals surface area (Å²) in [6, 6.07) is 4.23. The fourth-order valence-electron chi connectivity index (χ4n) is 4.94. The molecule has 0 atom stereocenters. The molecule has 13 heteroatoms. The lowest BCUT2D eigenvalue weighted by Gasteiger charge is -2.44. The van der Waals surface area contributed by atoms with Gasteiger partial charge in [-0.1, -0.05) is 23.7 Å². The number of rotatable bonds is 4. The van der Waals surface area contributed by atoms with Gasteiger partial charge in [-0.2, -0.15) is 0 Å². The smallest absolute Gasteiger partial charge is 0.312 e. The van der Waals surface area contributed by atoms with Crippen LogP contribution in [0.15, 0.2) is 23.0 Å². The molecule has 1 saturated carbocycles. The van der Waals surface area contributed by atoms with Crippen LogP contribution >= 0.6 is 11.6 Å². The van der Waals surface area contributed by atoms with Crippen LogP contribution in [0.2, 0.25) is 5.02 Å². The molecule has 1 aromatic carbocycles. The number of fused-ring (bicyclic) bond motifs is 2. The zero-order chi connectivity index (χ0) is 27.3.